The zero-order valence-electron chi connectivity index (χ0n) is 10.1. The van der Waals surface area contributed by atoms with Crippen LogP contribution < -0.4 is 4.74 Å². The van der Waals surface area contributed by atoms with Crippen LogP contribution in [0, 0.1) is 12.7 Å². The van der Waals surface area contributed by atoms with E-state index in [9.17, 15) is 9.50 Å². The molecule has 1 aromatic heterocycles. The minimum Gasteiger partial charge on any atom is -0.487 e. The Morgan fingerprint density at radius 3 is 2.78 bits per heavy atom. The second-order valence-electron chi connectivity index (χ2n) is 3.94. The van der Waals surface area contributed by atoms with Crippen LogP contribution in [-0.4, -0.2) is 15.4 Å². The van der Waals surface area contributed by atoms with Gasteiger partial charge in [0.2, 0.25) is 0 Å². The molecule has 0 saturated carbocycles. The number of aliphatic hydroxyl groups excluding tert-OH is 1. The Balaban J connectivity index is 2.07. The van der Waals surface area contributed by atoms with Crippen molar-refractivity contribution in [3.63, 3.8) is 0 Å². The number of nitrogens with zero attached hydrogens (tertiary/aromatic N) is 2. The summed E-state index contributed by atoms with van der Waals surface area (Å²) in [7, 11) is 0. The molecule has 0 aliphatic carbocycles. The first-order valence-corrected chi connectivity index (χ1v) is 5.46. The fraction of sp³-hybridized carbons (Fsp3) is 0.333. The fourth-order valence-corrected chi connectivity index (χ4v) is 1.47. The zero-order valence-corrected chi connectivity index (χ0v) is 10.1. The summed E-state index contributed by atoms with van der Waals surface area (Å²) in [6, 6.07) is 4.31. The van der Waals surface area contributed by atoms with Gasteiger partial charge in [-0.05, 0) is 26.0 Å². The number of hydrogen-bond donors (Lipinski definition) is 1. The lowest BCUT2D eigenvalue weighted by molar-refractivity contribution is 0.193. The van der Waals surface area contributed by atoms with Crippen molar-refractivity contribution >= 4 is 0 Å². The second-order valence-corrected chi connectivity index (χ2v) is 3.94. The number of benzene rings is 1. The minimum atomic E-state index is -0.846. The van der Waals surface area contributed by atoms with E-state index in [1.165, 1.54) is 19.1 Å². The smallest absolute Gasteiger partial charge is 0.145 e. The van der Waals surface area contributed by atoms with E-state index in [4.69, 9.17) is 4.74 Å². The van der Waals surface area contributed by atoms with Crippen LogP contribution in [0.3, 0.4) is 0 Å². The van der Waals surface area contributed by atoms with Crippen molar-refractivity contribution in [3.8, 4) is 5.75 Å². The molecule has 5 nitrogen and oxygen atoms in total. The van der Waals surface area contributed by atoms with Gasteiger partial charge in [-0.3, -0.25) is 0 Å². The normalized spacial score (nSPS) is 12.4. The third-order valence-corrected chi connectivity index (χ3v) is 2.54. The lowest BCUT2D eigenvalue weighted by Crippen LogP contribution is -2.00. The molecule has 0 unspecified atom stereocenters. The third kappa shape index (κ3) is 2.65. The maximum absolute atomic E-state index is 13.6. The number of aliphatic hydroxyl groups is 1. The number of halogens is 1. The number of rotatable bonds is 4. The molecule has 1 N–H and O–H groups in total. The second kappa shape index (κ2) is 5.14. The van der Waals surface area contributed by atoms with E-state index in [0.717, 1.165) is 0 Å². The van der Waals surface area contributed by atoms with Gasteiger partial charge in [0.15, 0.2) is 0 Å². The minimum absolute atomic E-state index is 0.156. The average molecular weight is 252 g/mol. The number of aromatic nitrogens is 2. The highest BCUT2D eigenvalue weighted by atomic mass is 19.1. The van der Waals surface area contributed by atoms with E-state index in [1.807, 2.05) is 0 Å². The van der Waals surface area contributed by atoms with E-state index in [1.54, 1.807) is 13.0 Å². The highest BCUT2D eigenvalue weighted by Gasteiger charge is 2.10. The predicted octanol–water partition coefficient (Wildman–Crippen LogP) is 2.15. The number of ether oxygens (including phenoxy) is 1. The molecule has 0 saturated heterocycles. The van der Waals surface area contributed by atoms with Crippen molar-refractivity contribution in [3.05, 3.63) is 41.0 Å². The topological polar surface area (TPSA) is 68.4 Å². The summed E-state index contributed by atoms with van der Waals surface area (Å²) in [5.74, 6) is -0.142. The Bertz CT molecular complexity index is 540. The van der Waals surface area contributed by atoms with Crippen molar-refractivity contribution in [2.24, 2.45) is 0 Å². The van der Waals surface area contributed by atoms with Crippen molar-refractivity contribution in [1.82, 2.24) is 10.3 Å². The van der Waals surface area contributed by atoms with Crippen molar-refractivity contribution in [2.45, 2.75) is 26.6 Å². The maximum atomic E-state index is 13.6. The average Bonchev–Trinajstić information content (AvgIpc) is 2.72. The molecule has 1 atom stereocenters. The molecule has 18 heavy (non-hydrogen) atoms. The van der Waals surface area contributed by atoms with Crippen LogP contribution in [0.25, 0.3) is 0 Å². The molecule has 0 amide bonds. The summed E-state index contributed by atoms with van der Waals surface area (Å²) < 4.78 is 23.4. The lowest BCUT2D eigenvalue weighted by atomic mass is 10.1. The van der Waals surface area contributed by atoms with Crippen LogP contribution in [0.1, 0.15) is 30.0 Å². The van der Waals surface area contributed by atoms with Gasteiger partial charge in [-0.2, -0.15) is 0 Å². The molecule has 1 aromatic carbocycles. The van der Waals surface area contributed by atoms with Crippen molar-refractivity contribution in [1.29, 1.82) is 0 Å². The van der Waals surface area contributed by atoms with Gasteiger partial charge in [0.25, 0.3) is 0 Å². The van der Waals surface area contributed by atoms with Crippen LogP contribution in [0.2, 0.25) is 0 Å². The SMILES string of the molecule is Cc1nonc1COc1ccc([C@H](C)O)c(F)c1. The largest absolute Gasteiger partial charge is 0.487 e. The highest BCUT2D eigenvalue weighted by molar-refractivity contribution is 5.30. The Kier molecular flexibility index (Phi) is 3.57. The van der Waals surface area contributed by atoms with E-state index >= 15 is 0 Å². The molecule has 0 fully saturated rings. The molecular formula is C12H13FN2O3. The van der Waals surface area contributed by atoms with Gasteiger partial charge in [-0.1, -0.05) is 10.3 Å². The molecule has 0 bridgehead atoms. The maximum Gasteiger partial charge on any atom is 0.145 e. The third-order valence-electron chi connectivity index (χ3n) is 2.54. The molecular weight excluding hydrogens is 239 g/mol. The quantitative estimate of drug-likeness (QED) is 0.902. The molecule has 0 spiro atoms. The van der Waals surface area contributed by atoms with Crippen LogP contribution in [0.4, 0.5) is 4.39 Å². The summed E-state index contributed by atoms with van der Waals surface area (Å²) in [6.45, 7) is 3.40. The van der Waals surface area contributed by atoms with E-state index in [0.29, 0.717) is 17.1 Å². The zero-order chi connectivity index (χ0) is 13.1. The highest BCUT2D eigenvalue weighted by Crippen LogP contribution is 2.22. The molecule has 0 aliphatic heterocycles. The first-order chi connectivity index (χ1) is 8.58. The molecule has 2 rings (SSSR count). The molecule has 1 heterocycles. The first-order valence-electron chi connectivity index (χ1n) is 5.46. The molecule has 2 aromatic rings. The summed E-state index contributed by atoms with van der Waals surface area (Å²) >= 11 is 0. The number of hydrogen-bond acceptors (Lipinski definition) is 5. The first kappa shape index (κ1) is 12.5. The summed E-state index contributed by atoms with van der Waals surface area (Å²) in [5, 5.41) is 16.6. The standard InChI is InChI=1S/C12H13FN2O3/c1-7-12(15-18-14-7)6-17-9-3-4-10(8(2)16)11(13)5-9/h3-5,8,16H,6H2,1-2H3/t8-/m0/s1. The van der Waals surface area contributed by atoms with Crippen LogP contribution in [0.5, 0.6) is 5.75 Å². The Labute approximate surface area is 103 Å². The van der Waals surface area contributed by atoms with Gasteiger partial charge < -0.3 is 9.84 Å². The summed E-state index contributed by atoms with van der Waals surface area (Å²) in [4.78, 5) is 0. The summed E-state index contributed by atoms with van der Waals surface area (Å²) in [5.41, 5.74) is 1.44. The Morgan fingerprint density at radius 2 is 2.22 bits per heavy atom. The Morgan fingerprint density at radius 1 is 1.44 bits per heavy atom. The van der Waals surface area contributed by atoms with E-state index in [2.05, 4.69) is 14.9 Å². The fourth-order valence-electron chi connectivity index (χ4n) is 1.47. The van der Waals surface area contributed by atoms with Crippen LogP contribution in [0.15, 0.2) is 22.8 Å². The van der Waals surface area contributed by atoms with Gasteiger partial charge >= 0.3 is 0 Å². The van der Waals surface area contributed by atoms with Gasteiger partial charge in [-0.25, -0.2) is 9.02 Å². The predicted molar refractivity (Wildman–Crippen MR) is 60.4 cm³/mol. The van der Waals surface area contributed by atoms with E-state index < -0.39 is 11.9 Å². The monoisotopic (exact) mass is 252 g/mol. The van der Waals surface area contributed by atoms with Crippen molar-refractivity contribution in [2.75, 3.05) is 0 Å². The Hall–Kier alpha value is -1.95. The van der Waals surface area contributed by atoms with E-state index in [-0.39, 0.29) is 12.2 Å². The van der Waals surface area contributed by atoms with Gasteiger partial charge in [0, 0.05) is 11.6 Å². The van der Waals surface area contributed by atoms with Gasteiger partial charge in [-0.15, -0.1) is 0 Å². The molecule has 0 aliphatic rings. The van der Waals surface area contributed by atoms with Crippen LogP contribution >= 0.6 is 0 Å². The lowest BCUT2D eigenvalue weighted by Gasteiger charge is -2.09. The summed E-state index contributed by atoms with van der Waals surface area (Å²) in [6.07, 6.45) is -0.846. The van der Waals surface area contributed by atoms with Crippen LogP contribution in [-0.2, 0) is 6.61 Å². The van der Waals surface area contributed by atoms with Crippen molar-refractivity contribution < 1.29 is 18.9 Å². The molecule has 96 valence electrons. The van der Waals surface area contributed by atoms with Gasteiger partial charge in [0.1, 0.15) is 29.6 Å². The number of aryl methyl sites for hydroxylation is 1. The molecule has 6 heteroatoms. The molecule has 0 radical (unpaired) electrons. The van der Waals surface area contributed by atoms with Gasteiger partial charge in [0.05, 0.1) is 6.10 Å².